The van der Waals surface area contributed by atoms with Crippen molar-refractivity contribution in [2.75, 3.05) is 0 Å². The Labute approximate surface area is 136 Å². The third kappa shape index (κ3) is 4.51. The summed E-state index contributed by atoms with van der Waals surface area (Å²) in [5.74, 6) is -0.0471. The Hall–Kier alpha value is -1.03. The SMILES string of the molecule is O=C(Cc1cccc(Br)c1)NCc1ccc(Cl)cc1Cl. The minimum Gasteiger partial charge on any atom is -0.352 e. The molecule has 0 radical (unpaired) electrons. The Kier molecular flexibility index (Phi) is 5.46. The molecule has 2 aromatic carbocycles. The van der Waals surface area contributed by atoms with E-state index in [9.17, 15) is 4.79 Å². The van der Waals surface area contributed by atoms with Crippen LogP contribution in [0.2, 0.25) is 10.0 Å². The molecule has 1 N–H and O–H groups in total. The van der Waals surface area contributed by atoms with Gasteiger partial charge in [-0.05, 0) is 35.4 Å². The lowest BCUT2D eigenvalue weighted by Crippen LogP contribution is -2.24. The molecular weight excluding hydrogens is 361 g/mol. The van der Waals surface area contributed by atoms with Crippen LogP contribution in [0, 0.1) is 0 Å². The van der Waals surface area contributed by atoms with Crippen LogP contribution in [-0.2, 0) is 17.8 Å². The van der Waals surface area contributed by atoms with Crippen molar-refractivity contribution >= 4 is 45.0 Å². The number of hydrogen-bond acceptors (Lipinski definition) is 1. The second kappa shape index (κ2) is 7.11. The van der Waals surface area contributed by atoms with Gasteiger partial charge in [-0.25, -0.2) is 0 Å². The summed E-state index contributed by atoms with van der Waals surface area (Å²) in [7, 11) is 0. The van der Waals surface area contributed by atoms with Crippen molar-refractivity contribution < 1.29 is 4.79 Å². The first-order chi connectivity index (χ1) is 9.54. The monoisotopic (exact) mass is 371 g/mol. The van der Waals surface area contributed by atoms with Gasteiger partial charge in [0, 0.05) is 21.1 Å². The van der Waals surface area contributed by atoms with Crippen LogP contribution in [-0.4, -0.2) is 5.91 Å². The van der Waals surface area contributed by atoms with Gasteiger partial charge in [0.1, 0.15) is 0 Å². The fraction of sp³-hybridized carbons (Fsp3) is 0.133. The maximum atomic E-state index is 11.9. The predicted octanol–water partition coefficient (Wildman–Crippen LogP) is 4.61. The van der Waals surface area contributed by atoms with E-state index in [4.69, 9.17) is 23.2 Å². The number of carbonyl (C=O) groups excluding carboxylic acids is 1. The Balaban J connectivity index is 1.92. The van der Waals surface area contributed by atoms with E-state index < -0.39 is 0 Å². The zero-order chi connectivity index (χ0) is 14.5. The summed E-state index contributed by atoms with van der Waals surface area (Å²) in [6.07, 6.45) is 0.338. The summed E-state index contributed by atoms with van der Waals surface area (Å²) in [5, 5.41) is 3.98. The van der Waals surface area contributed by atoms with Crippen LogP contribution in [0.1, 0.15) is 11.1 Å². The topological polar surface area (TPSA) is 29.1 Å². The molecule has 20 heavy (non-hydrogen) atoms. The molecule has 0 saturated heterocycles. The van der Waals surface area contributed by atoms with Gasteiger partial charge in [-0.15, -0.1) is 0 Å². The summed E-state index contributed by atoms with van der Waals surface area (Å²) in [6, 6.07) is 12.9. The average molecular weight is 373 g/mol. The van der Waals surface area contributed by atoms with E-state index in [1.165, 1.54) is 0 Å². The molecule has 0 saturated carbocycles. The highest BCUT2D eigenvalue weighted by molar-refractivity contribution is 9.10. The maximum absolute atomic E-state index is 11.9. The minimum atomic E-state index is -0.0471. The van der Waals surface area contributed by atoms with E-state index in [2.05, 4.69) is 21.2 Å². The van der Waals surface area contributed by atoms with Gasteiger partial charge in [0.15, 0.2) is 0 Å². The Morgan fingerprint density at radius 1 is 1.15 bits per heavy atom. The van der Waals surface area contributed by atoms with Crippen molar-refractivity contribution in [3.05, 3.63) is 68.1 Å². The lowest BCUT2D eigenvalue weighted by molar-refractivity contribution is -0.120. The highest BCUT2D eigenvalue weighted by atomic mass is 79.9. The second-order valence-electron chi connectivity index (χ2n) is 4.32. The van der Waals surface area contributed by atoms with Crippen molar-refractivity contribution in [3.8, 4) is 0 Å². The molecule has 5 heteroatoms. The zero-order valence-electron chi connectivity index (χ0n) is 10.5. The molecule has 0 fully saturated rings. The first-order valence-electron chi connectivity index (χ1n) is 5.99. The van der Waals surface area contributed by atoms with Crippen molar-refractivity contribution in [2.24, 2.45) is 0 Å². The van der Waals surface area contributed by atoms with E-state index in [1.807, 2.05) is 30.3 Å². The zero-order valence-corrected chi connectivity index (χ0v) is 13.6. The van der Waals surface area contributed by atoms with Crippen LogP contribution in [0.3, 0.4) is 0 Å². The highest BCUT2D eigenvalue weighted by Gasteiger charge is 2.06. The third-order valence-corrected chi connectivity index (χ3v) is 3.83. The van der Waals surface area contributed by atoms with E-state index in [0.717, 1.165) is 15.6 Å². The molecule has 0 heterocycles. The number of benzene rings is 2. The smallest absolute Gasteiger partial charge is 0.224 e. The Morgan fingerprint density at radius 2 is 1.95 bits per heavy atom. The molecule has 0 aliphatic carbocycles. The molecule has 104 valence electrons. The van der Waals surface area contributed by atoms with Gasteiger partial charge >= 0.3 is 0 Å². The first kappa shape index (κ1) is 15.4. The molecule has 1 amide bonds. The lowest BCUT2D eigenvalue weighted by Gasteiger charge is -2.07. The van der Waals surface area contributed by atoms with E-state index in [1.54, 1.807) is 12.1 Å². The Morgan fingerprint density at radius 3 is 2.65 bits per heavy atom. The maximum Gasteiger partial charge on any atom is 0.224 e. The van der Waals surface area contributed by atoms with Gasteiger partial charge in [0.25, 0.3) is 0 Å². The predicted molar refractivity (Wildman–Crippen MR) is 86.2 cm³/mol. The number of carbonyl (C=O) groups is 1. The number of halogens is 3. The fourth-order valence-corrected chi connectivity index (χ4v) is 2.68. The highest BCUT2D eigenvalue weighted by Crippen LogP contribution is 2.20. The summed E-state index contributed by atoms with van der Waals surface area (Å²) in [6.45, 7) is 0.392. The van der Waals surface area contributed by atoms with Crippen molar-refractivity contribution in [1.29, 1.82) is 0 Å². The van der Waals surface area contributed by atoms with Crippen molar-refractivity contribution in [3.63, 3.8) is 0 Å². The number of hydrogen-bond donors (Lipinski definition) is 1. The molecule has 2 aromatic rings. The van der Waals surface area contributed by atoms with E-state index in [-0.39, 0.29) is 5.91 Å². The van der Waals surface area contributed by atoms with Crippen LogP contribution in [0.4, 0.5) is 0 Å². The van der Waals surface area contributed by atoms with Crippen molar-refractivity contribution in [2.45, 2.75) is 13.0 Å². The van der Waals surface area contributed by atoms with Gasteiger partial charge in [0.05, 0.1) is 6.42 Å². The molecule has 0 aliphatic heterocycles. The second-order valence-corrected chi connectivity index (χ2v) is 6.08. The Bertz CT molecular complexity index is 631. The lowest BCUT2D eigenvalue weighted by atomic mass is 10.1. The summed E-state index contributed by atoms with van der Waals surface area (Å²) < 4.78 is 0.962. The minimum absolute atomic E-state index is 0.0471. The van der Waals surface area contributed by atoms with Crippen molar-refractivity contribution in [1.82, 2.24) is 5.32 Å². The quantitative estimate of drug-likeness (QED) is 0.833. The molecule has 0 atom stereocenters. The largest absolute Gasteiger partial charge is 0.352 e. The molecule has 2 nitrogen and oxygen atoms in total. The van der Waals surface area contributed by atoms with Gasteiger partial charge in [-0.2, -0.15) is 0 Å². The summed E-state index contributed by atoms with van der Waals surface area (Å²) >= 11 is 15.3. The molecule has 0 unspecified atom stereocenters. The molecule has 0 aromatic heterocycles. The van der Waals surface area contributed by atoms with Gasteiger partial charge in [0.2, 0.25) is 5.91 Å². The normalized spacial score (nSPS) is 10.3. The fourth-order valence-electron chi connectivity index (χ4n) is 1.75. The van der Waals surface area contributed by atoms with E-state index >= 15 is 0 Å². The standard InChI is InChI=1S/C15H12BrCl2NO/c16-12-3-1-2-10(6-12)7-15(20)19-9-11-4-5-13(17)8-14(11)18/h1-6,8H,7,9H2,(H,19,20). The van der Waals surface area contributed by atoms with Crippen LogP contribution in [0.15, 0.2) is 46.9 Å². The average Bonchev–Trinajstić information content (AvgIpc) is 2.37. The van der Waals surface area contributed by atoms with Gasteiger partial charge in [-0.3, -0.25) is 4.79 Å². The van der Waals surface area contributed by atoms with Crippen LogP contribution >= 0.6 is 39.1 Å². The van der Waals surface area contributed by atoms with Crippen LogP contribution in [0.5, 0.6) is 0 Å². The first-order valence-corrected chi connectivity index (χ1v) is 7.54. The molecule has 0 aliphatic rings. The van der Waals surface area contributed by atoms with Gasteiger partial charge in [-0.1, -0.05) is 57.3 Å². The molecular formula is C15H12BrCl2NO. The number of rotatable bonds is 4. The number of amides is 1. The van der Waals surface area contributed by atoms with Gasteiger partial charge < -0.3 is 5.32 Å². The molecule has 0 bridgehead atoms. The third-order valence-electron chi connectivity index (χ3n) is 2.74. The van der Waals surface area contributed by atoms with Crippen LogP contribution < -0.4 is 5.32 Å². The summed E-state index contributed by atoms with van der Waals surface area (Å²) in [5.41, 5.74) is 1.80. The number of nitrogens with one attached hydrogen (secondary N) is 1. The molecule has 2 rings (SSSR count). The van der Waals surface area contributed by atoms with Crippen LogP contribution in [0.25, 0.3) is 0 Å². The summed E-state index contributed by atoms with van der Waals surface area (Å²) in [4.78, 5) is 11.9. The molecule has 0 spiro atoms. The van der Waals surface area contributed by atoms with E-state index in [0.29, 0.717) is 23.0 Å².